The second-order valence-corrected chi connectivity index (χ2v) is 11.0. The second kappa shape index (κ2) is 10.7. The lowest BCUT2D eigenvalue weighted by molar-refractivity contribution is 0.0690. The Morgan fingerprint density at radius 3 is 2.51 bits per heavy atom. The Hall–Kier alpha value is -3.80. The van der Waals surface area contributed by atoms with E-state index in [1.165, 1.54) is 24.4 Å². The van der Waals surface area contributed by atoms with E-state index < -0.39 is 27.6 Å². The maximum Gasteiger partial charge on any atom is 0.354 e. The third-order valence-corrected chi connectivity index (χ3v) is 7.48. The monoisotopic (exact) mass is 523 g/mol. The first-order valence-corrected chi connectivity index (χ1v) is 13.2. The molecule has 11 heteroatoms. The number of aryl methyl sites for hydroxylation is 1. The minimum absolute atomic E-state index is 0.0451. The standard InChI is InChI=1S/C26H29N5O5S/c1-26(2,12-13-31-17-28-22-15-27-21(25(33)34)14-23(22)31)29-16-24(32)19-10-6-7-11-20(19)30-37(35,36)18-8-4-3-5-9-18/h3-11,14-15,17,24,29-30,32H,12-13,16H2,1-2H3,(H,33,34). The minimum atomic E-state index is -3.80. The Bertz CT molecular complexity index is 1500. The molecule has 2 aromatic heterocycles. The number of fused-ring (bicyclic) bond motifs is 1. The lowest BCUT2D eigenvalue weighted by Crippen LogP contribution is -2.42. The van der Waals surface area contributed by atoms with Gasteiger partial charge in [0.2, 0.25) is 0 Å². The zero-order valence-corrected chi connectivity index (χ0v) is 21.3. The van der Waals surface area contributed by atoms with E-state index in [2.05, 4.69) is 20.0 Å². The SMILES string of the molecule is CC(C)(CCn1cnc2cnc(C(=O)O)cc21)NCC(O)c1ccccc1NS(=O)(=O)c1ccccc1. The van der Waals surface area contributed by atoms with Gasteiger partial charge in [-0.2, -0.15) is 0 Å². The van der Waals surface area contributed by atoms with Crippen LogP contribution in [-0.4, -0.2) is 51.2 Å². The Morgan fingerprint density at radius 2 is 1.78 bits per heavy atom. The summed E-state index contributed by atoms with van der Waals surface area (Å²) >= 11 is 0. The van der Waals surface area contributed by atoms with Crippen LogP contribution in [0, 0.1) is 0 Å². The smallest absolute Gasteiger partial charge is 0.354 e. The van der Waals surface area contributed by atoms with Crippen molar-refractivity contribution in [3.8, 4) is 0 Å². The molecule has 10 nitrogen and oxygen atoms in total. The number of anilines is 1. The van der Waals surface area contributed by atoms with Crippen molar-refractivity contribution in [2.75, 3.05) is 11.3 Å². The number of benzene rings is 2. The van der Waals surface area contributed by atoms with Crippen LogP contribution in [0.3, 0.4) is 0 Å². The molecule has 2 aromatic carbocycles. The van der Waals surface area contributed by atoms with Gasteiger partial charge in [-0.1, -0.05) is 36.4 Å². The summed E-state index contributed by atoms with van der Waals surface area (Å²) in [4.78, 5) is 19.6. The highest BCUT2D eigenvalue weighted by atomic mass is 32.2. The van der Waals surface area contributed by atoms with Gasteiger partial charge in [-0.25, -0.2) is 23.2 Å². The number of nitrogens with zero attached hydrogens (tertiary/aromatic N) is 3. The maximum absolute atomic E-state index is 12.8. The molecule has 0 bridgehead atoms. The molecule has 1 unspecified atom stereocenters. The first-order chi connectivity index (χ1) is 17.6. The van der Waals surface area contributed by atoms with E-state index >= 15 is 0 Å². The van der Waals surface area contributed by atoms with Crippen LogP contribution < -0.4 is 10.0 Å². The maximum atomic E-state index is 12.8. The molecule has 0 amide bonds. The van der Waals surface area contributed by atoms with Crippen molar-refractivity contribution in [2.45, 2.75) is 43.4 Å². The van der Waals surface area contributed by atoms with E-state index in [9.17, 15) is 23.4 Å². The number of imidazole rings is 1. The largest absolute Gasteiger partial charge is 0.477 e. The fraction of sp³-hybridized carbons (Fsp3) is 0.269. The molecule has 2 heterocycles. The Morgan fingerprint density at radius 1 is 1.08 bits per heavy atom. The Balaban J connectivity index is 1.41. The van der Waals surface area contributed by atoms with Crippen LogP contribution in [-0.2, 0) is 16.6 Å². The van der Waals surface area contributed by atoms with Gasteiger partial charge >= 0.3 is 5.97 Å². The van der Waals surface area contributed by atoms with E-state index in [4.69, 9.17) is 0 Å². The third kappa shape index (κ3) is 6.31. The van der Waals surface area contributed by atoms with E-state index in [1.54, 1.807) is 48.8 Å². The normalized spacial score (nSPS) is 12.9. The number of sulfonamides is 1. The summed E-state index contributed by atoms with van der Waals surface area (Å²) in [5.41, 5.74) is 1.62. The molecule has 37 heavy (non-hydrogen) atoms. The molecule has 0 fully saturated rings. The molecule has 4 rings (SSSR count). The van der Waals surface area contributed by atoms with Gasteiger partial charge in [0.05, 0.1) is 34.7 Å². The number of hydrogen-bond donors (Lipinski definition) is 4. The fourth-order valence-corrected chi connectivity index (χ4v) is 5.02. The van der Waals surface area contributed by atoms with Crippen molar-refractivity contribution in [3.63, 3.8) is 0 Å². The van der Waals surface area contributed by atoms with Crippen LogP contribution in [0.15, 0.2) is 78.1 Å². The quantitative estimate of drug-likeness (QED) is 0.234. The number of carboxylic acids is 1. The molecule has 0 aliphatic carbocycles. The predicted molar refractivity (Wildman–Crippen MR) is 140 cm³/mol. The van der Waals surface area contributed by atoms with Crippen molar-refractivity contribution >= 4 is 32.7 Å². The molecule has 194 valence electrons. The number of rotatable bonds is 11. The van der Waals surface area contributed by atoms with E-state index in [1.807, 2.05) is 18.4 Å². The van der Waals surface area contributed by atoms with Crippen LogP contribution in [0.25, 0.3) is 11.0 Å². The number of aliphatic hydroxyl groups is 1. The zero-order valence-electron chi connectivity index (χ0n) is 20.5. The fourth-order valence-electron chi connectivity index (χ4n) is 3.91. The topological polar surface area (TPSA) is 146 Å². The molecule has 0 aliphatic rings. The number of carbonyl (C=O) groups is 1. The van der Waals surface area contributed by atoms with Crippen LogP contribution in [0.1, 0.15) is 42.4 Å². The van der Waals surface area contributed by atoms with Gasteiger partial charge in [-0.05, 0) is 44.5 Å². The summed E-state index contributed by atoms with van der Waals surface area (Å²) in [7, 11) is -3.80. The number of aromatic carboxylic acids is 1. The van der Waals surface area contributed by atoms with Gasteiger partial charge in [0, 0.05) is 24.2 Å². The average molecular weight is 524 g/mol. The number of β-amino-alcohol motifs (C(OH)–C–C–N with tert-alkyl or cyclic N) is 1. The third-order valence-electron chi connectivity index (χ3n) is 6.10. The van der Waals surface area contributed by atoms with Crippen molar-refractivity contribution in [1.29, 1.82) is 0 Å². The minimum Gasteiger partial charge on any atom is -0.477 e. The first-order valence-electron chi connectivity index (χ1n) is 11.7. The van der Waals surface area contributed by atoms with Gasteiger partial charge in [0.25, 0.3) is 10.0 Å². The number of nitrogens with one attached hydrogen (secondary N) is 2. The molecule has 0 aliphatic heterocycles. The number of aliphatic hydroxyl groups excluding tert-OH is 1. The summed E-state index contributed by atoms with van der Waals surface area (Å²) < 4.78 is 30.0. The summed E-state index contributed by atoms with van der Waals surface area (Å²) in [5.74, 6) is -1.10. The molecule has 0 saturated heterocycles. The van der Waals surface area contributed by atoms with Gasteiger partial charge in [0.15, 0.2) is 0 Å². The predicted octanol–water partition coefficient (Wildman–Crippen LogP) is 3.42. The molecule has 4 N–H and O–H groups in total. The van der Waals surface area contributed by atoms with Crippen LogP contribution in [0.2, 0.25) is 0 Å². The first kappa shape index (κ1) is 26.3. The highest BCUT2D eigenvalue weighted by molar-refractivity contribution is 7.92. The number of hydrogen-bond acceptors (Lipinski definition) is 7. The van der Waals surface area contributed by atoms with Crippen LogP contribution in [0.5, 0.6) is 0 Å². The Labute approximate surface area is 215 Å². The highest BCUT2D eigenvalue weighted by Gasteiger charge is 2.23. The molecule has 0 spiro atoms. The van der Waals surface area contributed by atoms with Crippen molar-refractivity contribution in [1.82, 2.24) is 19.9 Å². The highest BCUT2D eigenvalue weighted by Crippen LogP contribution is 2.26. The van der Waals surface area contributed by atoms with E-state index in [-0.39, 0.29) is 17.1 Å². The molecule has 1 atom stereocenters. The average Bonchev–Trinajstić information content (AvgIpc) is 3.29. The van der Waals surface area contributed by atoms with Gasteiger partial charge < -0.3 is 20.1 Å². The number of carboxylic acid groups (broad SMARTS) is 1. The lowest BCUT2D eigenvalue weighted by Gasteiger charge is -2.28. The molecule has 0 saturated carbocycles. The molecule has 4 aromatic rings. The molecular weight excluding hydrogens is 494 g/mol. The lowest BCUT2D eigenvalue weighted by atomic mass is 9.99. The van der Waals surface area contributed by atoms with Crippen LogP contribution in [0.4, 0.5) is 5.69 Å². The zero-order chi connectivity index (χ0) is 26.6. The summed E-state index contributed by atoms with van der Waals surface area (Å²) in [6, 6.07) is 16.3. The molecule has 0 radical (unpaired) electrons. The number of aromatic nitrogens is 3. The van der Waals surface area contributed by atoms with Crippen molar-refractivity contribution in [3.05, 3.63) is 84.4 Å². The van der Waals surface area contributed by atoms with Gasteiger partial charge in [-0.3, -0.25) is 4.72 Å². The number of pyridine rings is 1. The van der Waals surface area contributed by atoms with E-state index in [0.717, 1.165) is 0 Å². The molecular formula is C26H29N5O5S. The van der Waals surface area contributed by atoms with Gasteiger partial charge in [-0.15, -0.1) is 0 Å². The summed E-state index contributed by atoms with van der Waals surface area (Å²) in [6.45, 7) is 4.73. The summed E-state index contributed by atoms with van der Waals surface area (Å²) in [5, 5.41) is 23.5. The van der Waals surface area contributed by atoms with Crippen molar-refractivity contribution < 1.29 is 23.4 Å². The summed E-state index contributed by atoms with van der Waals surface area (Å²) in [6.07, 6.45) is 2.78. The number of para-hydroxylation sites is 1. The van der Waals surface area contributed by atoms with Gasteiger partial charge in [0.1, 0.15) is 11.2 Å². The van der Waals surface area contributed by atoms with Crippen molar-refractivity contribution in [2.24, 2.45) is 0 Å². The second-order valence-electron chi connectivity index (χ2n) is 9.34. The van der Waals surface area contributed by atoms with E-state index in [0.29, 0.717) is 35.2 Å². The Kier molecular flexibility index (Phi) is 7.58. The van der Waals surface area contributed by atoms with Crippen LogP contribution >= 0.6 is 0 Å².